The first kappa shape index (κ1) is 15.2. The minimum Gasteiger partial charge on any atom is -0.497 e. The maximum absolute atomic E-state index is 12.3. The summed E-state index contributed by atoms with van der Waals surface area (Å²) in [5, 5.41) is 0. The number of primary amides is 1. The first-order valence-corrected chi connectivity index (χ1v) is 6.89. The molecule has 0 radical (unpaired) electrons. The maximum atomic E-state index is 12.3. The highest BCUT2D eigenvalue weighted by Crippen LogP contribution is 2.19. The van der Waals surface area contributed by atoms with E-state index in [4.69, 9.17) is 10.5 Å². The third kappa shape index (κ3) is 3.80. The second kappa shape index (κ2) is 6.35. The van der Waals surface area contributed by atoms with Gasteiger partial charge in [-0.2, -0.15) is 4.31 Å². The van der Waals surface area contributed by atoms with Gasteiger partial charge in [-0.1, -0.05) is 6.08 Å². The summed E-state index contributed by atoms with van der Waals surface area (Å²) < 4.78 is 30.5. The molecule has 2 N–H and O–H groups in total. The molecule has 19 heavy (non-hydrogen) atoms. The van der Waals surface area contributed by atoms with Crippen molar-refractivity contribution in [1.82, 2.24) is 4.31 Å². The molecule has 6 nitrogen and oxygen atoms in total. The van der Waals surface area contributed by atoms with Crippen LogP contribution in [0.1, 0.15) is 0 Å². The van der Waals surface area contributed by atoms with Crippen molar-refractivity contribution in [1.29, 1.82) is 0 Å². The van der Waals surface area contributed by atoms with Crippen molar-refractivity contribution >= 4 is 15.9 Å². The zero-order valence-electron chi connectivity index (χ0n) is 10.6. The van der Waals surface area contributed by atoms with E-state index in [2.05, 4.69) is 6.58 Å². The fraction of sp³-hybridized carbons (Fsp3) is 0.250. The van der Waals surface area contributed by atoms with Crippen molar-refractivity contribution in [3.63, 3.8) is 0 Å². The summed E-state index contributed by atoms with van der Waals surface area (Å²) in [5.41, 5.74) is 5.04. The number of ether oxygens (including phenoxy) is 1. The van der Waals surface area contributed by atoms with Gasteiger partial charge in [0.05, 0.1) is 18.6 Å². The van der Waals surface area contributed by atoms with E-state index in [1.54, 1.807) is 0 Å². The number of carbonyl (C=O) groups is 1. The lowest BCUT2D eigenvalue weighted by Crippen LogP contribution is -2.38. The summed E-state index contributed by atoms with van der Waals surface area (Å²) in [6.45, 7) is 3.09. The molecule has 0 spiro atoms. The Hall–Kier alpha value is -1.86. The van der Waals surface area contributed by atoms with Gasteiger partial charge in [-0.15, -0.1) is 6.58 Å². The minimum atomic E-state index is -3.78. The van der Waals surface area contributed by atoms with E-state index >= 15 is 0 Å². The van der Waals surface area contributed by atoms with Crippen molar-refractivity contribution in [3.8, 4) is 5.75 Å². The van der Waals surface area contributed by atoms with E-state index in [0.717, 1.165) is 4.31 Å². The van der Waals surface area contributed by atoms with Crippen LogP contribution in [0.2, 0.25) is 0 Å². The number of amides is 1. The van der Waals surface area contributed by atoms with Gasteiger partial charge in [0.25, 0.3) is 0 Å². The minimum absolute atomic E-state index is 0.0112. The molecule has 0 fully saturated rings. The van der Waals surface area contributed by atoms with Crippen LogP contribution in [-0.4, -0.2) is 38.8 Å². The molecular weight excluding hydrogens is 268 g/mol. The fourth-order valence-electron chi connectivity index (χ4n) is 1.46. The molecule has 7 heteroatoms. The van der Waals surface area contributed by atoms with Gasteiger partial charge in [0, 0.05) is 6.54 Å². The van der Waals surface area contributed by atoms with Gasteiger partial charge < -0.3 is 10.5 Å². The topological polar surface area (TPSA) is 89.7 Å². The molecule has 0 aromatic heterocycles. The van der Waals surface area contributed by atoms with E-state index in [9.17, 15) is 13.2 Å². The Balaban J connectivity index is 3.10. The molecule has 0 heterocycles. The van der Waals surface area contributed by atoms with Crippen LogP contribution < -0.4 is 10.5 Å². The third-order valence-electron chi connectivity index (χ3n) is 2.36. The number of hydrogen-bond acceptors (Lipinski definition) is 4. The standard InChI is InChI=1S/C12H16N2O4S/c1-3-8-14(9-12(13)15)19(16,17)11-6-4-10(18-2)5-7-11/h3-7H,1,8-9H2,2H3,(H2,13,15). The predicted octanol–water partition coefficient (Wildman–Crippen LogP) is 0.357. The lowest BCUT2D eigenvalue weighted by atomic mass is 10.3. The van der Waals surface area contributed by atoms with Crippen molar-refractivity contribution in [2.24, 2.45) is 5.73 Å². The Morgan fingerprint density at radius 1 is 1.42 bits per heavy atom. The molecule has 1 rings (SSSR count). The van der Waals surface area contributed by atoms with Crippen molar-refractivity contribution in [3.05, 3.63) is 36.9 Å². The Labute approximate surface area is 112 Å². The maximum Gasteiger partial charge on any atom is 0.243 e. The van der Waals surface area contributed by atoms with Crippen molar-refractivity contribution < 1.29 is 17.9 Å². The van der Waals surface area contributed by atoms with Crippen LogP contribution in [0.3, 0.4) is 0 Å². The molecule has 0 bridgehead atoms. The Morgan fingerprint density at radius 2 is 2.00 bits per heavy atom. The summed E-state index contributed by atoms with van der Waals surface area (Å²) in [6.07, 6.45) is 1.39. The fourth-order valence-corrected chi connectivity index (χ4v) is 2.84. The van der Waals surface area contributed by atoms with E-state index < -0.39 is 15.9 Å². The highest BCUT2D eigenvalue weighted by molar-refractivity contribution is 7.89. The van der Waals surface area contributed by atoms with Gasteiger partial charge in [-0.25, -0.2) is 8.42 Å². The molecule has 0 saturated carbocycles. The van der Waals surface area contributed by atoms with Gasteiger partial charge >= 0.3 is 0 Å². The first-order chi connectivity index (χ1) is 8.91. The number of sulfonamides is 1. The number of nitrogens with two attached hydrogens (primary N) is 1. The highest BCUT2D eigenvalue weighted by Gasteiger charge is 2.24. The summed E-state index contributed by atoms with van der Waals surface area (Å²) in [4.78, 5) is 11.0. The van der Waals surface area contributed by atoms with Gasteiger partial charge in [-0.05, 0) is 24.3 Å². The Kier molecular flexibility index (Phi) is 5.08. The van der Waals surface area contributed by atoms with Crippen molar-refractivity contribution in [2.45, 2.75) is 4.90 Å². The van der Waals surface area contributed by atoms with Crippen LogP contribution in [0, 0.1) is 0 Å². The van der Waals surface area contributed by atoms with Crippen LogP contribution in [0.25, 0.3) is 0 Å². The SMILES string of the molecule is C=CCN(CC(N)=O)S(=O)(=O)c1ccc(OC)cc1. The number of benzene rings is 1. The van der Waals surface area contributed by atoms with Gasteiger partial charge in [0.15, 0.2) is 0 Å². The molecule has 0 saturated heterocycles. The van der Waals surface area contributed by atoms with Crippen LogP contribution in [0.15, 0.2) is 41.8 Å². The molecule has 1 aromatic carbocycles. The smallest absolute Gasteiger partial charge is 0.243 e. The summed E-state index contributed by atoms with van der Waals surface area (Å²) in [5.74, 6) is -0.178. The van der Waals surface area contributed by atoms with E-state index in [-0.39, 0.29) is 18.0 Å². The monoisotopic (exact) mass is 284 g/mol. The number of nitrogens with zero attached hydrogens (tertiary/aromatic N) is 1. The third-order valence-corrected chi connectivity index (χ3v) is 4.19. The largest absolute Gasteiger partial charge is 0.497 e. The average molecular weight is 284 g/mol. The highest BCUT2D eigenvalue weighted by atomic mass is 32.2. The normalized spacial score (nSPS) is 11.3. The Bertz CT molecular complexity index is 552. The second-order valence-corrected chi connectivity index (χ2v) is 5.67. The molecule has 0 aliphatic carbocycles. The lowest BCUT2D eigenvalue weighted by Gasteiger charge is -2.19. The first-order valence-electron chi connectivity index (χ1n) is 5.45. The lowest BCUT2D eigenvalue weighted by molar-refractivity contribution is -0.118. The molecule has 104 valence electrons. The van der Waals surface area contributed by atoms with E-state index in [0.29, 0.717) is 5.75 Å². The predicted molar refractivity (Wildman–Crippen MR) is 71.1 cm³/mol. The van der Waals surface area contributed by atoms with Crippen LogP contribution in [-0.2, 0) is 14.8 Å². The van der Waals surface area contributed by atoms with E-state index in [1.165, 1.54) is 37.5 Å². The molecule has 0 aliphatic rings. The molecule has 0 aliphatic heterocycles. The molecule has 0 atom stereocenters. The summed E-state index contributed by atoms with van der Waals surface area (Å²) in [7, 11) is -2.29. The zero-order chi connectivity index (χ0) is 14.5. The number of rotatable bonds is 7. The second-order valence-electron chi connectivity index (χ2n) is 3.73. The molecule has 1 aromatic rings. The van der Waals surface area contributed by atoms with E-state index in [1.807, 2.05) is 0 Å². The number of methoxy groups -OCH3 is 1. The number of carbonyl (C=O) groups excluding carboxylic acids is 1. The average Bonchev–Trinajstić information content (AvgIpc) is 2.38. The number of hydrogen-bond donors (Lipinski definition) is 1. The quantitative estimate of drug-likeness (QED) is 0.732. The van der Waals surface area contributed by atoms with Gasteiger partial charge in [0.1, 0.15) is 5.75 Å². The summed E-state index contributed by atoms with van der Waals surface area (Å²) in [6, 6.07) is 5.88. The molecule has 1 amide bonds. The molecule has 0 unspecified atom stereocenters. The molecular formula is C12H16N2O4S. The van der Waals surface area contributed by atoms with Crippen LogP contribution in [0.4, 0.5) is 0 Å². The zero-order valence-corrected chi connectivity index (χ0v) is 11.4. The van der Waals surface area contributed by atoms with Gasteiger partial charge in [0.2, 0.25) is 15.9 Å². The summed E-state index contributed by atoms with van der Waals surface area (Å²) >= 11 is 0. The van der Waals surface area contributed by atoms with Gasteiger partial charge in [-0.3, -0.25) is 4.79 Å². The van der Waals surface area contributed by atoms with Crippen molar-refractivity contribution in [2.75, 3.05) is 20.2 Å². The Morgan fingerprint density at radius 3 is 2.42 bits per heavy atom. The van der Waals surface area contributed by atoms with Crippen LogP contribution >= 0.6 is 0 Å². The van der Waals surface area contributed by atoms with Crippen LogP contribution in [0.5, 0.6) is 5.75 Å².